The van der Waals surface area contributed by atoms with Crippen LogP contribution < -0.4 is 10.6 Å². The molecule has 0 bridgehead atoms. The van der Waals surface area contributed by atoms with Gasteiger partial charge in [0, 0.05) is 18.8 Å². The predicted molar refractivity (Wildman–Crippen MR) is 139 cm³/mol. The molecule has 1 aliphatic rings. The van der Waals surface area contributed by atoms with E-state index in [-0.39, 0.29) is 18.0 Å². The van der Waals surface area contributed by atoms with Gasteiger partial charge in [0.05, 0.1) is 12.1 Å². The van der Waals surface area contributed by atoms with Crippen LogP contribution in [0.2, 0.25) is 0 Å². The normalized spacial score (nSPS) is 20.0. The van der Waals surface area contributed by atoms with Gasteiger partial charge < -0.3 is 19.9 Å². The van der Waals surface area contributed by atoms with E-state index < -0.39 is 54.9 Å². The second kappa shape index (κ2) is 13.1. The Labute approximate surface area is 222 Å². The van der Waals surface area contributed by atoms with Crippen LogP contribution in [-0.4, -0.2) is 76.9 Å². The van der Waals surface area contributed by atoms with Crippen LogP contribution in [0.15, 0.2) is 48.9 Å². The quantitative estimate of drug-likeness (QED) is 0.464. The summed E-state index contributed by atoms with van der Waals surface area (Å²) >= 11 is 0. The molecule has 2 N–H and O–H groups in total. The molecule has 2 amide bonds. The van der Waals surface area contributed by atoms with Gasteiger partial charge >= 0.3 is 19.1 Å². The lowest BCUT2D eigenvalue weighted by Gasteiger charge is -2.34. The zero-order chi connectivity index (χ0) is 27.8. The molecule has 4 atom stereocenters. The molecule has 1 saturated heterocycles. The highest BCUT2D eigenvalue weighted by molar-refractivity contribution is 6.51. The molecular formula is C26H34BN5O6. The molecule has 2 aromatic rings. The average Bonchev–Trinajstić information content (AvgIpc) is 2.90. The fourth-order valence-corrected chi connectivity index (χ4v) is 4.02. The van der Waals surface area contributed by atoms with Crippen molar-refractivity contribution in [1.82, 2.24) is 25.5 Å². The van der Waals surface area contributed by atoms with Crippen LogP contribution in [0.25, 0.3) is 0 Å². The standard InChI is InChI=1S/C26H34BN5O6/c1-16(2)13-22(27-37-25(35)17(3)32(5)18(4)26(36)38-27)31-23(33)20(14-19-9-7-6-8-10-19)30-24(34)21-15-28-11-12-29-21/h6-12,15-18,20,22H,13-14H2,1-5H3,(H,30,34)(H,31,33)/t17-,18+,20-,22-/m0/s1. The number of hydrogen-bond donors (Lipinski definition) is 2. The van der Waals surface area contributed by atoms with Crippen LogP contribution in [0.5, 0.6) is 0 Å². The highest BCUT2D eigenvalue weighted by Crippen LogP contribution is 2.17. The third-order valence-electron chi connectivity index (χ3n) is 6.45. The van der Waals surface area contributed by atoms with E-state index in [1.54, 1.807) is 25.8 Å². The van der Waals surface area contributed by atoms with Gasteiger partial charge in [0.1, 0.15) is 23.8 Å². The Balaban J connectivity index is 1.85. The van der Waals surface area contributed by atoms with E-state index in [2.05, 4.69) is 20.6 Å². The van der Waals surface area contributed by atoms with Gasteiger partial charge in [0.15, 0.2) is 0 Å². The van der Waals surface area contributed by atoms with Gasteiger partial charge in [-0.3, -0.25) is 29.1 Å². The summed E-state index contributed by atoms with van der Waals surface area (Å²) in [5.74, 6) is -3.02. The molecule has 0 unspecified atom stereocenters. The number of likely N-dealkylation sites (N-methyl/N-ethyl adjacent to an activating group) is 1. The second-order valence-electron chi connectivity index (χ2n) is 9.81. The van der Waals surface area contributed by atoms with Crippen LogP contribution >= 0.6 is 0 Å². The largest absolute Gasteiger partial charge is 0.622 e. The van der Waals surface area contributed by atoms with Gasteiger partial charge in [-0.2, -0.15) is 0 Å². The maximum absolute atomic E-state index is 13.6. The second-order valence-corrected chi connectivity index (χ2v) is 9.81. The van der Waals surface area contributed by atoms with Crippen molar-refractivity contribution in [2.75, 3.05) is 7.05 Å². The van der Waals surface area contributed by atoms with E-state index in [0.717, 1.165) is 5.56 Å². The molecule has 0 aliphatic carbocycles. The number of nitrogens with zero attached hydrogens (tertiary/aromatic N) is 3. The van der Waals surface area contributed by atoms with Gasteiger partial charge in [0.25, 0.3) is 5.91 Å². The molecule has 0 radical (unpaired) electrons. The number of rotatable bonds is 9. The first kappa shape index (κ1) is 28.8. The zero-order valence-corrected chi connectivity index (χ0v) is 22.3. The summed E-state index contributed by atoms with van der Waals surface area (Å²) in [6, 6.07) is 6.85. The van der Waals surface area contributed by atoms with Crippen molar-refractivity contribution in [3.63, 3.8) is 0 Å². The minimum absolute atomic E-state index is 0.0578. The molecule has 38 heavy (non-hydrogen) atoms. The van der Waals surface area contributed by atoms with Crippen molar-refractivity contribution in [2.45, 2.75) is 64.6 Å². The molecule has 1 aromatic carbocycles. The van der Waals surface area contributed by atoms with Crippen molar-refractivity contribution in [3.05, 3.63) is 60.2 Å². The number of hydrogen-bond acceptors (Lipinski definition) is 9. The van der Waals surface area contributed by atoms with Crippen LogP contribution in [0.1, 0.15) is 50.2 Å². The Morgan fingerprint density at radius 2 is 1.66 bits per heavy atom. The van der Waals surface area contributed by atoms with Crippen LogP contribution in [-0.2, 0) is 30.1 Å². The first-order valence-electron chi connectivity index (χ1n) is 12.6. The lowest BCUT2D eigenvalue weighted by molar-refractivity contribution is -0.153. The van der Waals surface area contributed by atoms with Crippen LogP contribution in [0.3, 0.4) is 0 Å². The lowest BCUT2D eigenvalue weighted by atomic mass is 9.73. The lowest BCUT2D eigenvalue weighted by Crippen LogP contribution is -2.60. The number of carbonyl (C=O) groups excluding carboxylic acids is 4. The van der Waals surface area contributed by atoms with Gasteiger partial charge in [-0.05, 0) is 38.8 Å². The van der Waals surface area contributed by atoms with Crippen molar-refractivity contribution in [3.8, 4) is 0 Å². The molecule has 2 heterocycles. The number of carbonyl (C=O) groups is 4. The highest BCUT2D eigenvalue weighted by atomic mass is 16.6. The molecule has 1 fully saturated rings. The third kappa shape index (κ3) is 7.61. The average molecular weight is 523 g/mol. The van der Waals surface area contributed by atoms with E-state index in [1.165, 1.54) is 18.6 Å². The summed E-state index contributed by atoms with van der Waals surface area (Å²) in [5, 5.41) is 5.60. The van der Waals surface area contributed by atoms with E-state index >= 15 is 0 Å². The summed E-state index contributed by atoms with van der Waals surface area (Å²) in [6.07, 6.45) is 4.68. The van der Waals surface area contributed by atoms with E-state index in [4.69, 9.17) is 9.31 Å². The van der Waals surface area contributed by atoms with E-state index in [9.17, 15) is 19.2 Å². The summed E-state index contributed by atoms with van der Waals surface area (Å²) in [7, 11) is 0.313. The van der Waals surface area contributed by atoms with Gasteiger partial charge in [-0.15, -0.1) is 0 Å². The predicted octanol–water partition coefficient (Wildman–Crippen LogP) is 1.18. The first-order valence-corrected chi connectivity index (χ1v) is 12.6. The number of benzene rings is 1. The fraction of sp³-hybridized carbons (Fsp3) is 0.462. The molecule has 12 heteroatoms. The molecule has 1 aromatic heterocycles. The Morgan fingerprint density at radius 1 is 1.03 bits per heavy atom. The number of amides is 2. The number of aromatic nitrogens is 2. The Hall–Kier alpha value is -3.80. The topological polar surface area (TPSA) is 140 Å². The summed E-state index contributed by atoms with van der Waals surface area (Å²) in [5.41, 5.74) is 0.883. The van der Waals surface area contributed by atoms with Crippen molar-refractivity contribution >= 4 is 30.9 Å². The van der Waals surface area contributed by atoms with Crippen molar-refractivity contribution in [1.29, 1.82) is 0 Å². The van der Waals surface area contributed by atoms with E-state index in [0.29, 0.717) is 6.42 Å². The molecule has 3 rings (SSSR count). The molecule has 0 saturated carbocycles. The smallest absolute Gasteiger partial charge is 0.497 e. The molecule has 1 aliphatic heterocycles. The van der Waals surface area contributed by atoms with Crippen LogP contribution in [0, 0.1) is 5.92 Å². The fourth-order valence-electron chi connectivity index (χ4n) is 4.02. The highest BCUT2D eigenvalue weighted by Gasteiger charge is 2.45. The van der Waals surface area contributed by atoms with E-state index in [1.807, 2.05) is 44.2 Å². The van der Waals surface area contributed by atoms with Gasteiger partial charge in [-0.1, -0.05) is 44.2 Å². The third-order valence-corrected chi connectivity index (χ3v) is 6.45. The zero-order valence-electron chi connectivity index (χ0n) is 22.3. The van der Waals surface area contributed by atoms with Crippen molar-refractivity contribution < 1.29 is 28.5 Å². The Morgan fingerprint density at radius 3 is 2.21 bits per heavy atom. The minimum atomic E-state index is -1.33. The Bertz CT molecular complexity index is 1100. The summed E-state index contributed by atoms with van der Waals surface area (Å²) in [6.45, 7) is 7.15. The molecular weight excluding hydrogens is 489 g/mol. The maximum Gasteiger partial charge on any atom is 0.622 e. The van der Waals surface area contributed by atoms with Gasteiger partial charge in [0.2, 0.25) is 5.91 Å². The molecule has 202 valence electrons. The monoisotopic (exact) mass is 523 g/mol. The summed E-state index contributed by atoms with van der Waals surface area (Å²) in [4.78, 5) is 61.4. The molecule has 0 spiro atoms. The SMILES string of the molecule is CC(C)C[C@H](NC(=O)[C@H](Cc1ccccc1)NC(=O)c1cnccn1)B1OC(=O)[C@@H](C)N(C)[C@@H](C)C(=O)O1. The van der Waals surface area contributed by atoms with Crippen LogP contribution in [0.4, 0.5) is 0 Å². The van der Waals surface area contributed by atoms with Gasteiger partial charge in [-0.25, -0.2) is 4.98 Å². The van der Waals surface area contributed by atoms with Crippen molar-refractivity contribution in [2.24, 2.45) is 5.92 Å². The Kier molecular flexibility index (Phi) is 9.94. The summed E-state index contributed by atoms with van der Waals surface area (Å²) < 4.78 is 11.1. The maximum atomic E-state index is 13.6. The number of nitrogens with one attached hydrogen (secondary N) is 2. The molecule has 11 nitrogen and oxygen atoms in total. The first-order chi connectivity index (χ1) is 18.1. The minimum Gasteiger partial charge on any atom is -0.497 e.